The zero-order valence-electron chi connectivity index (χ0n) is 7.95. The summed E-state index contributed by atoms with van der Waals surface area (Å²) in [5.41, 5.74) is 1.09. The van der Waals surface area contributed by atoms with Crippen LogP contribution in [0.3, 0.4) is 0 Å². The number of hydrogen-bond donors (Lipinski definition) is 0. The Morgan fingerprint density at radius 3 is 2.08 bits per heavy atom. The molecule has 2 saturated carbocycles. The lowest BCUT2D eigenvalue weighted by Crippen LogP contribution is -2.20. The second kappa shape index (κ2) is 2.31. The Balaban J connectivity index is 2.18. The maximum absolute atomic E-state index is 3.80. The van der Waals surface area contributed by atoms with Gasteiger partial charge in [-0.05, 0) is 36.0 Å². The van der Waals surface area contributed by atoms with Gasteiger partial charge in [0.2, 0.25) is 0 Å². The van der Waals surface area contributed by atoms with Crippen molar-refractivity contribution in [2.24, 2.45) is 16.7 Å². The quantitative estimate of drug-likeness (QED) is 0.584. The molecule has 0 heterocycles. The molecule has 0 aromatic carbocycles. The van der Waals surface area contributed by atoms with Crippen molar-refractivity contribution in [3.8, 4) is 0 Å². The predicted octanol–water partition coefficient (Wildman–Crippen LogP) is 4.32. The first-order chi connectivity index (χ1) is 5.30. The molecule has 0 spiro atoms. The van der Waals surface area contributed by atoms with Gasteiger partial charge in [-0.25, -0.2) is 0 Å². The molecule has 0 radical (unpaired) electrons. The van der Waals surface area contributed by atoms with Crippen LogP contribution in [0.5, 0.6) is 0 Å². The van der Waals surface area contributed by atoms with Gasteiger partial charge in [-0.1, -0.05) is 52.6 Å². The molecule has 0 aromatic heterocycles. The fraction of sp³-hybridized carbons (Fsp3) is 1.00. The minimum absolute atomic E-state index is 0.265. The Morgan fingerprint density at radius 2 is 1.67 bits per heavy atom. The van der Waals surface area contributed by atoms with E-state index in [0.717, 1.165) is 5.92 Å². The molecular weight excluding hydrogens is 280 g/mol. The van der Waals surface area contributed by atoms with Crippen LogP contribution in [0.25, 0.3) is 0 Å². The van der Waals surface area contributed by atoms with Gasteiger partial charge >= 0.3 is 0 Å². The van der Waals surface area contributed by atoms with Crippen molar-refractivity contribution in [2.45, 2.75) is 43.3 Å². The summed E-state index contributed by atoms with van der Waals surface area (Å²) in [6, 6.07) is 0. The highest BCUT2D eigenvalue weighted by molar-refractivity contribution is 9.25. The summed E-state index contributed by atoms with van der Waals surface area (Å²) < 4.78 is 0.265. The van der Waals surface area contributed by atoms with Crippen molar-refractivity contribution >= 4 is 31.9 Å². The number of rotatable bonds is 0. The monoisotopic (exact) mass is 294 g/mol. The van der Waals surface area contributed by atoms with Crippen LogP contribution >= 0.6 is 31.9 Å². The normalized spacial score (nSPS) is 48.2. The van der Waals surface area contributed by atoms with E-state index in [-0.39, 0.29) is 3.23 Å². The van der Waals surface area contributed by atoms with Crippen molar-refractivity contribution in [1.82, 2.24) is 0 Å². The minimum Gasteiger partial charge on any atom is -0.0718 e. The first kappa shape index (κ1) is 9.51. The summed E-state index contributed by atoms with van der Waals surface area (Å²) in [4.78, 5) is 0. The van der Waals surface area contributed by atoms with Gasteiger partial charge in [-0.3, -0.25) is 0 Å². The van der Waals surface area contributed by atoms with Crippen molar-refractivity contribution in [1.29, 1.82) is 0 Å². The fourth-order valence-electron chi connectivity index (χ4n) is 2.62. The molecule has 0 aliphatic heterocycles. The molecule has 2 aliphatic rings. The Labute approximate surface area is 91.7 Å². The van der Waals surface area contributed by atoms with Crippen LogP contribution in [0.1, 0.15) is 40.0 Å². The van der Waals surface area contributed by atoms with Crippen molar-refractivity contribution in [3.05, 3.63) is 0 Å². The standard InChI is InChI=1S/C10H16Br2/c1-8(2)4-5-9(3)7(6-8)10(9,11)12/h7H,4-6H2,1-3H3/t7-,9+/m0/s1. The molecule has 2 aliphatic carbocycles. The van der Waals surface area contributed by atoms with E-state index >= 15 is 0 Å². The Hall–Kier alpha value is 0.960. The molecule has 0 saturated heterocycles. The van der Waals surface area contributed by atoms with Gasteiger partial charge in [-0.15, -0.1) is 0 Å². The fourth-order valence-corrected chi connectivity index (χ4v) is 4.68. The lowest BCUT2D eigenvalue weighted by molar-refractivity contribution is 0.193. The van der Waals surface area contributed by atoms with E-state index in [9.17, 15) is 0 Å². The maximum atomic E-state index is 3.80. The zero-order valence-corrected chi connectivity index (χ0v) is 11.1. The van der Waals surface area contributed by atoms with Crippen molar-refractivity contribution < 1.29 is 0 Å². The summed E-state index contributed by atoms with van der Waals surface area (Å²) in [6.45, 7) is 7.18. The van der Waals surface area contributed by atoms with E-state index < -0.39 is 0 Å². The van der Waals surface area contributed by atoms with Gasteiger partial charge in [0.1, 0.15) is 0 Å². The molecule has 0 unspecified atom stereocenters. The van der Waals surface area contributed by atoms with Crippen LogP contribution in [0, 0.1) is 16.7 Å². The lowest BCUT2D eigenvalue weighted by atomic mass is 9.74. The zero-order chi connectivity index (χ0) is 9.20. The third-order valence-electron chi connectivity index (χ3n) is 3.96. The van der Waals surface area contributed by atoms with E-state index in [1.165, 1.54) is 19.3 Å². The van der Waals surface area contributed by atoms with Gasteiger partial charge in [0.15, 0.2) is 0 Å². The summed E-state index contributed by atoms with van der Waals surface area (Å²) in [7, 11) is 0. The highest BCUT2D eigenvalue weighted by atomic mass is 79.9. The minimum atomic E-state index is 0.265. The van der Waals surface area contributed by atoms with Crippen LogP contribution in [-0.2, 0) is 0 Å². The van der Waals surface area contributed by atoms with Crippen LogP contribution in [-0.4, -0.2) is 3.23 Å². The molecule has 12 heavy (non-hydrogen) atoms. The molecule has 0 nitrogen and oxygen atoms in total. The van der Waals surface area contributed by atoms with Crippen LogP contribution in [0.2, 0.25) is 0 Å². The molecule has 0 aromatic rings. The van der Waals surface area contributed by atoms with E-state index in [1.54, 1.807) is 0 Å². The molecule has 2 fully saturated rings. The van der Waals surface area contributed by atoms with Gasteiger partial charge in [0, 0.05) is 0 Å². The molecule has 2 atom stereocenters. The average molecular weight is 296 g/mol. The van der Waals surface area contributed by atoms with Gasteiger partial charge in [0.25, 0.3) is 0 Å². The summed E-state index contributed by atoms with van der Waals surface area (Å²) in [6.07, 6.45) is 4.10. The van der Waals surface area contributed by atoms with E-state index in [0.29, 0.717) is 10.8 Å². The number of alkyl halides is 2. The highest BCUT2D eigenvalue weighted by Crippen LogP contribution is 2.78. The Kier molecular flexibility index (Phi) is 1.83. The molecule has 2 heteroatoms. The SMILES string of the molecule is CC1(C)CC[C@]2(C)[C@H](C1)C2(Br)Br. The Bertz CT molecular complexity index is 220. The maximum Gasteiger partial charge on any atom is 0.0896 e. The number of fused-ring (bicyclic) bond motifs is 1. The number of hydrogen-bond acceptors (Lipinski definition) is 0. The predicted molar refractivity (Wildman–Crippen MR) is 59.8 cm³/mol. The van der Waals surface area contributed by atoms with Crippen molar-refractivity contribution in [2.75, 3.05) is 0 Å². The largest absolute Gasteiger partial charge is 0.0896 e. The smallest absolute Gasteiger partial charge is 0.0718 e. The molecule has 2 rings (SSSR count). The molecule has 0 N–H and O–H groups in total. The second-order valence-corrected chi connectivity index (χ2v) is 9.03. The first-order valence-electron chi connectivity index (χ1n) is 4.67. The van der Waals surface area contributed by atoms with Crippen LogP contribution < -0.4 is 0 Å². The van der Waals surface area contributed by atoms with Gasteiger partial charge < -0.3 is 0 Å². The summed E-state index contributed by atoms with van der Waals surface area (Å²) >= 11 is 7.61. The second-order valence-electron chi connectivity index (χ2n) is 5.46. The molecule has 0 bridgehead atoms. The lowest BCUT2D eigenvalue weighted by Gasteiger charge is -2.31. The molecule has 0 amide bonds. The topological polar surface area (TPSA) is 0 Å². The summed E-state index contributed by atoms with van der Waals surface area (Å²) in [5, 5.41) is 0. The average Bonchev–Trinajstić information content (AvgIpc) is 2.32. The molecule has 70 valence electrons. The van der Waals surface area contributed by atoms with Gasteiger partial charge in [0.05, 0.1) is 3.23 Å². The molecular formula is C10H16Br2. The summed E-state index contributed by atoms with van der Waals surface area (Å²) in [5.74, 6) is 0.841. The highest BCUT2D eigenvalue weighted by Gasteiger charge is 2.73. The van der Waals surface area contributed by atoms with E-state index in [1.807, 2.05) is 0 Å². The third-order valence-corrected chi connectivity index (χ3v) is 6.88. The third kappa shape index (κ3) is 1.06. The number of halogens is 2. The van der Waals surface area contributed by atoms with Crippen LogP contribution in [0.4, 0.5) is 0 Å². The van der Waals surface area contributed by atoms with Crippen LogP contribution in [0.15, 0.2) is 0 Å². The Morgan fingerprint density at radius 1 is 1.08 bits per heavy atom. The first-order valence-corrected chi connectivity index (χ1v) is 6.26. The van der Waals surface area contributed by atoms with E-state index in [4.69, 9.17) is 0 Å². The van der Waals surface area contributed by atoms with Crippen molar-refractivity contribution in [3.63, 3.8) is 0 Å². The van der Waals surface area contributed by atoms with Gasteiger partial charge in [-0.2, -0.15) is 0 Å². The van der Waals surface area contributed by atoms with E-state index in [2.05, 4.69) is 52.6 Å².